The molecule has 0 aliphatic rings. The summed E-state index contributed by atoms with van der Waals surface area (Å²) < 4.78 is 19.2. The molecule has 0 fully saturated rings. The first-order valence-electron chi connectivity index (χ1n) is 7.81. The fourth-order valence-corrected chi connectivity index (χ4v) is 2.15. The molecular formula is C19H25ClFNO. The summed E-state index contributed by atoms with van der Waals surface area (Å²) in [4.78, 5) is 0. The van der Waals surface area contributed by atoms with Gasteiger partial charge in [0.15, 0.2) is 0 Å². The van der Waals surface area contributed by atoms with Crippen LogP contribution in [0.25, 0.3) is 0 Å². The van der Waals surface area contributed by atoms with Gasteiger partial charge < -0.3 is 10.1 Å². The van der Waals surface area contributed by atoms with Crippen molar-refractivity contribution in [2.75, 3.05) is 6.54 Å². The van der Waals surface area contributed by atoms with Crippen LogP contribution in [0.1, 0.15) is 31.4 Å². The summed E-state index contributed by atoms with van der Waals surface area (Å²) in [5.41, 5.74) is 1.75. The van der Waals surface area contributed by atoms with E-state index in [-0.39, 0.29) is 24.8 Å². The van der Waals surface area contributed by atoms with Gasteiger partial charge >= 0.3 is 0 Å². The lowest BCUT2D eigenvalue weighted by atomic mass is 10.1. The third-order valence-corrected chi connectivity index (χ3v) is 3.48. The minimum absolute atomic E-state index is 0. The Morgan fingerprint density at radius 3 is 2.61 bits per heavy atom. The number of rotatable bonds is 8. The van der Waals surface area contributed by atoms with Crippen LogP contribution in [-0.2, 0) is 13.2 Å². The maximum absolute atomic E-state index is 13.6. The molecule has 0 aromatic heterocycles. The zero-order valence-corrected chi connectivity index (χ0v) is 14.5. The van der Waals surface area contributed by atoms with Gasteiger partial charge in [-0.3, -0.25) is 0 Å². The van der Waals surface area contributed by atoms with E-state index < -0.39 is 0 Å². The summed E-state index contributed by atoms with van der Waals surface area (Å²) in [5.74, 6) is 1.25. The molecule has 4 heteroatoms. The van der Waals surface area contributed by atoms with Crippen LogP contribution in [-0.4, -0.2) is 6.54 Å². The van der Waals surface area contributed by atoms with Gasteiger partial charge in [-0.1, -0.05) is 44.2 Å². The van der Waals surface area contributed by atoms with Gasteiger partial charge in [0, 0.05) is 12.1 Å². The molecule has 0 amide bonds. The van der Waals surface area contributed by atoms with Crippen LogP contribution >= 0.6 is 12.4 Å². The first kappa shape index (κ1) is 19.5. The fraction of sp³-hybridized carbons (Fsp3) is 0.368. The Balaban J connectivity index is 0.00000264. The topological polar surface area (TPSA) is 21.3 Å². The molecule has 126 valence electrons. The van der Waals surface area contributed by atoms with Gasteiger partial charge in [0.25, 0.3) is 0 Å². The molecule has 0 atom stereocenters. The van der Waals surface area contributed by atoms with Gasteiger partial charge in [0.2, 0.25) is 0 Å². The van der Waals surface area contributed by atoms with Crippen LogP contribution in [0, 0.1) is 11.7 Å². The maximum atomic E-state index is 13.6. The molecule has 0 radical (unpaired) electrons. The molecule has 2 nitrogen and oxygen atoms in total. The van der Waals surface area contributed by atoms with Crippen LogP contribution in [0.3, 0.4) is 0 Å². The molecule has 1 N–H and O–H groups in total. The summed E-state index contributed by atoms with van der Waals surface area (Å²) in [6.45, 7) is 6.52. The van der Waals surface area contributed by atoms with E-state index in [0.717, 1.165) is 18.8 Å². The van der Waals surface area contributed by atoms with E-state index in [1.807, 2.05) is 24.3 Å². The number of ether oxygens (including phenoxy) is 1. The second-order valence-electron chi connectivity index (χ2n) is 5.89. The lowest BCUT2D eigenvalue weighted by Crippen LogP contribution is -2.16. The van der Waals surface area contributed by atoms with E-state index in [1.165, 1.54) is 18.1 Å². The van der Waals surface area contributed by atoms with Gasteiger partial charge in [-0.2, -0.15) is 0 Å². The minimum atomic E-state index is -0.228. The lowest BCUT2D eigenvalue weighted by molar-refractivity contribution is 0.299. The second kappa shape index (κ2) is 10.2. The highest BCUT2D eigenvalue weighted by Gasteiger charge is 2.02. The standard InChI is InChI=1S/C19H24FNO.ClH/c1-15(2)10-11-21-13-16-6-5-8-18(12-16)22-14-17-7-3-4-9-19(17)20;/h3-9,12,15,21H,10-11,13-14H2,1-2H3;1H. The minimum Gasteiger partial charge on any atom is -0.489 e. The predicted octanol–water partition coefficient (Wildman–Crippen LogP) is 4.96. The smallest absolute Gasteiger partial charge is 0.129 e. The third-order valence-electron chi connectivity index (χ3n) is 3.48. The number of nitrogens with one attached hydrogen (secondary N) is 1. The molecule has 0 saturated carbocycles. The van der Waals surface area contributed by atoms with E-state index in [0.29, 0.717) is 11.5 Å². The van der Waals surface area contributed by atoms with Crippen molar-refractivity contribution in [3.05, 3.63) is 65.5 Å². The van der Waals surface area contributed by atoms with Crippen LogP contribution in [0.4, 0.5) is 4.39 Å². The van der Waals surface area contributed by atoms with Crippen LogP contribution in [0.5, 0.6) is 5.75 Å². The van der Waals surface area contributed by atoms with Crippen molar-refractivity contribution in [3.63, 3.8) is 0 Å². The van der Waals surface area contributed by atoms with E-state index in [1.54, 1.807) is 12.1 Å². The van der Waals surface area contributed by atoms with E-state index >= 15 is 0 Å². The number of benzene rings is 2. The zero-order chi connectivity index (χ0) is 15.8. The maximum Gasteiger partial charge on any atom is 0.129 e. The molecule has 0 saturated heterocycles. The van der Waals surface area contributed by atoms with Gasteiger partial charge in [-0.15, -0.1) is 12.4 Å². The summed E-state index contributed by atoms with van der Waals surface area (Å²) in [6, 6.07) is 14.6. The van der Waals surface area contributed by atoms with Gasteiger partial charge in [-0.25, -0.2) is 4.39 Å². The average Bonchev–Trinajstić information content (AvgIpc) is 2.51. The Bertz CT molecular complexity index is 589. The van der Waals surface area contributed by atoms with Crippen molar-refractivity contribution < 1.29 is 9.13 Å². The largest absolute Gasteiger partial charge is 0.489 e. The average molecular weight is 338 g/mol. The number of hydrogen-bond donors (Lipinski definition) is 1. The monoisotopic (exact) mass is 337 g/mol. The van der Waals surface area contributed by atoms with E-state index in [9.17, 15) is 4.39 Å². The van der Waals surface area contributed by atoms with Crippen LogP contribution < -0.4 is 10.1 Å². The van der Waals surface area contributed by atoms with Crippen molar-refractivity contribution in [2.45, 2.75) is 33.4 Å². The van der Waals surface area contributed by atoms with E-state index in [4.69, 9.17) is 4.74 Å². The molecule has 2 aromatic rings. The molecular weight excluding hydrogens is 313 g/mol. The summed E-state index contributed by atoms with van der Waals surface area (Å²) in [5, 5.41) is 3.43. The van der Waals surface area contributed by atoms with Crippen molar-refractivity contribution in [3.8, 4) is 5.75 Å². The summed E-state index contributed by atoms with van der Waals surface area (Å²) in [6.07, 6.45) is 1.17. The second-order valence-corrected chi connectivity index (χ2v) is 5.89. The Morgan fingerprint density at radius 2 is 1.87 bits per heavy atom. The Morgan fingerprint density at radius 1 is 1.09 bits per heavy atom. The van der Waals surface area contributed by atoms with Crippen molar-refractivity contribution in [1.82, 2.24) is 5.32 Å². The molecule has 23 heavy (non-hydrogen) atoms. The van der Waals surface area contributed by atoms with Crippen LogP contribution in [0.2, 0.25) is 0 Å². The molecule has 0 heterocycles. The summed E-state index contributed by atoms with van der Waals surface area (Å²) in [7, 11) is 0. The molecule has 0 bridgehead atoms. The molecule has 0 unspecified atom stereocenters. The Hall–Kier alpha value is -1.58. The SMILES string of the molecule is CC(C)CCNCc1cccc(OCc2ccccc2F)c1.Cl. The predicted molar refractivity (Wildman–Crippen MR) is 95.6 cm³/mol. The van der Waals surface area contributed by atoms with Gasteiger partial charge in [0.1, 0.15) is 18.2 Å². The highest BCUT2D eigenvalue weighted by Crippen LogP contribution is 2.16. The number of halogens is 2. The third kappa shape index (κ3) is 7.02. The van der Waals surface area contributed by atoms with Crippen LogP contribution in [0.15, 0.2) is 48.5 Å². The van der Waals surface area contributed by atoms with E-state index in [2.05, 4.69) is 25.2 Å². The highest BCUT2D eigenvalue weighted by atomic mass is 35.5. The zero-order valence-electron chi connectivity index (χ0n) is 13.7. The highest BCUT2D eigenvalue weighted by molar-refractivity contribution is 5.85. The molecule has 2 aromatic carbocycles. The molecule has 0 aliphatic carbocycles. The van der Waals surface area contributed by atoms with Gasteiger partial charge in [0.05, 0.1) is 0 Å². The quantitative estimate of drug-likeness (QED) is 0.687. The van der Waals surface area contributed by atoms with Crippen molar-refractivity contribution in [1.29, 1.82) is 0 Å². The normalized spacial score (nSPS) is 10.4. The fourth-order valence-electron chi connectivity index (χ4n) is 2.15. The first-order chi connectivity index (χ1) is 10.6. The van der Waals surface area contributed by atoms with Gasteiger partial charge in [-0.05, 0) is 42.6 Å². The lowest BCUT2D eigenvalue weighted by Gasteiger charge is -2.10. The Kier molecular flexibility index (Phi) is 8.67. The van der Waals surface area contributed by atoms with Crippen molar-refractivity contribution in [2.24, 2.45) is 5.92 Å². The Labute approximate surface area is 144 Å². The summed E-state index contributed by atoms with van der Waals surface area (Å²) >= 11 is 0. The van der Waals surface area contributed by atoms with Crippen molar-refractivity contribution >= 4 is 12.4 Å². The first-order valence-corrected chi connectivity index (χ1v) is 7.81. The molecule has 0 spiro atoms. The number of hydrogen-bond acceptors (Lipinski definition) is 2. The molecule has 0 aliphatic heterocycles. The molecule has 2 rings (SSSR count).